The molecule has 4 heterocycles. The lowest BCUT2D eigenvalue weighted by Crippen LogP contribution is -2.41. The molecule has 0 spiro atoms. The highest BCUT2D eigenvalue weighted by Crippen LogP contribution is 2.41. The number of fused-ring (bicyclic) bond motifs is 1. The van der Waals surface area contributed by atoms with Crippen molar-refractivity contribution in [2.75, 3.05) is 32.1 Å². The average Bonchev–Trinajstić information content (AvgIpc) is 3.69. The molecule has 14 heteroatoms. The highest BCUT2D eigenvalue weighted by atomic mass is 35.5. The van der Waals surface area contributed by atoms with Crippen molar-refractivity contribution in [3.8, 4) is 28.1 Å². The van der Waals surface area contributed by atoms with Gasteiger partial charge in [0.1, 0.15) is 5.75 Å². The van der Waals surface area contributed by atoms with Crippen molar-refractivity contribution in [3.05, 3.63) is 81.5 Å². The molecule has 2 fully saturated rings. The van der Waals surface area contributed by atoms with Gasteiger partial charge in [-0.1, -0.05) is 47.5 Å². The topological polar surface area (TPSA) is 151 Å². The molecule has 4 aromatic rings. The highest BCUT2D eigenvalue weighted by Gasteiger charge is 2.36. The summed E-state index contributed by atoms with van der Waals surface area (Å²) in [6.07, 6.45) is 5.22. The van der Waals surface area contributed by atoms with E-state index in [1.807, 2.05) is 41.9 Å². The molecule has 1 atom stereocenters. The van der Waals surface area contributed by atoms with Gasteiger partial charge in [0.15, 0.2) is 5.82 Å². The Kier molecular flexibility index (Phi) is 10.5. The maximum atomic E-state index is 13.6. The largest absolute Gasteiger partial charge is 0.496 e. The van der Waals surface area contributed by atoms with Crippen molar-refractivity contribution >= 4 is 46.7 Å². The summed E-state index contributed by atoms with van der Waals surface area (Å²) in [6, 6.07) is 13.1. The molecule has 7 rings (SSSR count). The number of amides is 2. The molecule has 0 bridgehead atoms. The monoisotopic (exact) mass is 745 g/mol. The van der Waals surface area contributed by atoms with E-state index in [1.54, 1.807) is 25.4 Å². The molecule has 52 heavy (non-hydrogen) atoms. The molecule has 4 N–H and O–H groups in total. The molecular formula is C38H41Cl2N7O5. The molecule has 1 saturated heterocycles. The SMILES string of the molecule is COc1cc(-c2nccc(-c3cccc(NC(=O)c4nc5c(n4C)CN(CC4CC(C(=O)O)C4)CC5)c3Cl)c2Cl)ccc1CNCC1CCC(=O)N1. The minimum atomic E-state index is -0.709. The first-order chi connectivity index (χ1) is 25.1. The number of nitrogens with one attached hydrogen (secondary N) is 3. The smallest absolute Gasteiger partial charge is 0.306 e. The number of carbonyl (C=O) groups is 3. The number of hydrogen-bond donors (Lipinski definition) is 4. The predicted molar refractivity (Wildman–Crippen MR) is 199 cm³/mol. The van der Waals surface area contributed by atoms with Gasteiger partial charge in [0.2, 0.25) is 5.91 Å². The molecular weight excluding hydrogens is 705 g/mol. The zero-order valence-electron chi connectivity index (χ0n) is 29.0. The second-order valence-corrected chi connectivity index (χ2v) is 14.6. The second-order valence-electron chi connectivity index (χ2n) is 13.8. The van der Waals surface area contributed by atoms with E-state index >= 15 is 0 Å². The number of hydrogen-bond acceptors (Lipinski definition) is 8. The van der Waals surface area contributed by atoms with E-state index < -0.39 is 5.97 Å². The molecule has 2 amide bonds. The summed E-state index contributed by atoms with van der Waals surface area (Å²) in [5, 5.41) is 19.3. The summed E-state index contributed by atoms with van der Waals surface area (Å²) >= 11 is 14.0. The Morgan fingerprint density at radius 3 is 2.65 bits per heavy atom. The third kappa shape index (κ3) is 7.38. The fraction of sp³-hybridized carbons (Fsp3) is 0.395. The molecule has 3 aliphatic rings. The molecule has 2 aromatic carbocycles. The van der Waals surface area contributed by atoms with Gasteiger partial charge in [-0.3, -0.25) is 24.3 Å². The number of rotatable bonds is 12. The quantitative estimate of drug-likeness (QED) is 0.146. The number of halogens is 2. The van der Waals surface area contributed by atoms with Crippen molar-refractivity contribution in [1.82, 2.24) is 30.1 Å². The number of aliphatic carboxylic acids is 1. The van der Waals surface area contributed by atoms with Crippen LogP contribution >= 0.6 is 23.2 Å². The highest BCUT2D eigenvalue weighted by molar-refractivity contribution is 6.39. The molecule has 1 saturated carbocycles. The number of benzene rings is 2. The number of methoxy groups -OCH3 is 1. The predicted octanol–water partition coefficient (Wildman–Crippen LogP) is 5.55. The molecule has 272 valence electrons. The van der Waals surface area contributed by atoms with E-state index in [9.17, 15) is 19.5 Å². The first kappa shape index (κ1) is 35.9. The first-order valence-electron chi connectivity index (χ1n) is 17.5. The van der Waals surface area contributed by atoms with E-state index in [4.69, 9.17) is 32.9 Å². The molecule has 12 nitrogen and oxygen atoms in total. The van der Waals surface area contributed by atoms with Crippen LogP contribution < -0.4 is 20.7 Å². The molecule has 2 aromatic heterocycles. The van der Waals surface area contributed by atoms with Crippen LogP contribution in [-0.4, -0.2) is 75.1 Å². The fourth-order valence-electron chi connectivity index (χ4n) is 7.47. The van der Waals surface area contributed by atoms with Crippen LogP contribution in [0.2, 0.25) is 10.0 Å². The van der Waals surface area contributed by atoms with Gasteiger partial charge in [0.25, 0.3) is 5.91 Å². The number of ether oxygens (including phenoxy) is 1. The van der Waals surface area contributed by atoms with Crippen molar-refractivity contribution in [1.29, 1.82) is 0 Å². The van der Waals surface area contributed by atoms with Crippen LogP contribution in [0.4, 0.5) is 5.69 Å². The summed E-state index contributed by atoms with van der Waals surface area (Å²) in [4.78, 5) is 48.0. The molecule has 1 unspecified atom stereocenters. The van der Waals surface area contributed by atoms with Crippen LogP contribution in [0.5, 0.6) is 5.75 Å². The van der Waals surface area contributed by atoms with E-state index in [2.05, 4.69) is 25.8 Å². The Bertz CT molecular complexity index is 2030. The standard InChI is InChI=1S/C38H41Cl2N7O5/c1-46-30-20-47(19-21-14-24(15-21)38(50)51)13-11-28(30)44-36(46)37(49)45-29-5-3-4-26(33(29)39)27-10-12-42-35(34(27)40)22-6-7-23(31(16-22)52-2)17-41-18-25-8-9-32(48)43-25/h3-7,10,12,16,21,24-25,41H,8-9,11,13-15,17-20H2,1-2H3,(H,43,48)(H,45,49)(H,50,51). The van der Waals surface area contributed by atoms with Crippen molar-refractivity contribution in [2.45, 2.75) is 51.2 Å². The van der Waals surface area contributed by atoms with Gasteiger partial charge in [-0.05, 0) is 43.4 Å². The minimum Gasteiger partial charge on any atom is -0.496 e. The van der Waals surface area contributed by atoms with Crippen molar-refractivity contribution < 1.29 is 24.2 Å². The van der Waals surface area contributed by atoms with E-state index in [0.29, 0.717) is 88.9 Å². The number of pyridine rings is 1. The lowest BCUT2D eigenvalue weighted by atomic mass is 9.74. The van der Waals surface area contributed by atoms with Crippen LogP contribution in [0.25, 0.3) is 22.4 Å². The Labute approximate surface area is 311 Å². The fourth-order valence-corrected chi connectivity index (χ4v) is 8.07. The first-order valence-corrected chi connectivity index (χ1v) is 18.3. The van der Waals surface area contributed by atoms with Crippen LogP contribution in [0.1, 0.15) is 53.3 Å². The Balaban J connectivity index is 1.05. The Hall–Kier alpha value is -4.49. The minimum absolute atomic E-state index is 0.0917. The third-order valence-electron chi connectivity index (χ3n) is 10.4. The zero-order valence-corrected chi connectivity index (χ0v) is 30.6. The van der Waals surface area contributed by atoms with Gasteiger partial charge < -0.3 is 30.4 Å². The lowest BCUT2D eigenvalue weighted by Gasteiger charge is -2.37. The van der Waals surface area contributed by atoms with Crippen molar-refractivity contribution in [3.63, 3.8) is 0 Å². The Morgan fingerprint density at radius 1 is 1.10 bits per heavy atom. The number of carbonyl (C=O) groups excluding carboxylic acids is 2. The molecule has 2 aliphatic heterocycles. The van der Waals surface area contributed by atoms with Crippen molar-refractivity contribution in [2.24, 2.45) is 18.9 Å². The normalized spacial score (nSPS) is 19.8. The summed E-state index contributed by atoms with van der Waals surface area (Å²) in [6.45, 7) is 3.57. The van der Waals surface area contributed by atoms with E-state index in [-0.39, 0.29) is 23.8 Å². The van der Waals surface area contributed by atoms with Gasteiger partial charge in [-0.2, -0.15) is 0 Å². The summed E-state index contributed by atoms with van der Waals surface area (Å²) in [5.41, 5.74) is 5.90. The van der Waals surface area contributed by atoms with Gasteiger partial charge in [0.05, 0.1) is 45.8 Å². The van der Waals surface area contributed by atoms with Gasteiger partial charge >= 0.3 is 5.97 Å². The van der Waals surface area contributed by atoms with Crippen LogP contribution in [-0.2, 0) is 36.1 Å². The van der Waals surface area contributed by atoms with Crippen LogP contribution in [0.3, 0.4) is 0 Å². The number of aromatic nitrogens is 3. The number of nitrogens with zero attached hydrogens (tertiary/aromatic N) is 4. The molecule has 0 radical (unpaired) electrons. The zero-order chi connectivity index (χ0) is 36.5. The maximum absolute atomic E-state index is 13.6. The summed E-state index contributed by atoms with van der Waals surface area (Å²) < 4.78 is 7.55. The van der Waals surface area contributed by atoms with E-state index in [0.717, 1.165) is 48.4 Å². The van der Waals surface area contributed by atoms with Crippen LogP contribution in [0.15, 0.2) is 48.7 Å². The maximum Gasteiger partial charge on any atom is 0.306 e. The Morgan fingerprint density at radius 2 is 1.90 bits per heavy atom. The van der Waals surface area contributed by atoms with Gasteiger partial charge in [0, 0.05) is 87.1 Å². The third-order valence-corrected chi connectivity index (χ3v) is 11.2. The second kappa shape index (κ2) is 15.2. The summed E-state index contributed by atoms with van der Waals surface area (Å²) in [5.74, 6) is 0.144. The van der Waals surface area contributed by atoms with Gasteiger partial charge in [-0.15, -0.1) is 0 Å². The number of carboxylic acid groups (broad SMARTS) is 1. The average molecular weight is 747 g/mol. The number of anilines is 1. The summed E-state index contributed by atoms with van der Waals surface area (Å²) in [7, 11) is 3.47. The van der Waals surface area contributed by atoms with E-state index in [1.165, 1.54) is 0 Å². The number of imidazole rings is 1. The van der Waals surface area contributed by atoms with Gasteiger partial charge in [-0.25, -0.2) is 4.98 Å². The molecule has 1 aliphatic carbocycles. The lowest BCUT2D eigenvalue weighted by molar-refractivity contribution is -0.146. The number of carboxylic acids is 1. The van der Waals surface area contributed by atoms with Crippen LogP contribution in [0, 0.1) is 11.8 Å².